The lowest BCUT2D eigenvalue weighted by atomic mass is 10.0. The number of primary amides is 1. The zero-order valence-electron chi connectivity index (χ0n) is 8.79. The standard InChI is InChI=1S/C11H15N3O/c1-8(3-5-13-2)9-4-6-14-7-10(9)11(12)15/h4,6-7,13H,1,3,5H2,2H3,(H2,12,15). The van der Waals surface area contributed by atoms with E-state index in [1.807, 2.05) is 7.05 Å². The maximum atomic E-state index is 11.1. The first kappa shape index (κ1) is 11.4. The Hall–Kier alpha value is -1.68. The number of nitrogens with one attached hydrogen (secondary N) is 1. The molecular formula is C11H15N3O. The van der Waals surface area contributed by atoms with Crippen molar-refractivity contribution in [1.29, 1.82) is 0 Å². The molecule has 0 unspecified atom stereocenters. The predicted molar refractivity (Wildman–Crippen MR) is 60.3 cm³/mol. The number of nitrogens with zero attached hydrogens (tertiary/aromatic N) is 1. The molecule has 4 nitrogen and oxygen atoms in total. The number of aromatic nitrogens is 1. The largest absolute Gasteiger partial charge is 0.366 e. The zero-order chi connectivity index (χ0) is 11.3. The number of rotatable bonds is 5. The van der Waals surface area contributed by atoms with Crippen LogP contribution in [0.5, 0.6) is 0 Å². The van der Waals surface area contributed by atoms with Crippen molar-refractivity contribution in [1.82, 2.24) is 10.3 Å². The van der Waals surface area contributed by atoms with E-state index in [1.165, 1.54) is 6.20 Å². The van der Waals surface area contributed by atoms with Gasteiger partial charge in [-0.15, -0.1) is 0 Å². The molecule has 0 saturated heterocycles. The Balaban J connectivity index is 2.92. The highest BCUT2D eigenvalue weighted by Gasteiger charge is 2.09. The highest BCUT2D eigenvalue weighted by molar-refractivity contribution is 5.97. The van der Waals surface area contributed by atoms with Crippen molar-refractivity contribution in [3.63, 3.8) is 0 Å². The molecule has 3 N–H and O–H groups in total. The van der Waals surface area contributed by atoms with Crippen molar-refractivity contribution < 1.29 is 4.79 Å². The van der Waals surface area contributed by atoms with Gasteiger partial charge in [-0.25, -0.2) is 0 Å². The lowest BCUT2D eigenvalue weighted by Gasteiger charge is -2.08. The van der Waals surface area contributed by atoms with Crippen LogP contribution in [0.1, 0.15) is 22.3 Å². The summed E-state index contributed by atoms with van der Waals surface area (Å²) in [5.41, 5.74) is 7.35. The van der Waals surface area contributed by atoms with Gasteiger partial charge in [0.05, 0.1) is 5.56 Å². The SMILES string of the molecule is C=C(CCNC)c1ccncc1C(N)=O. The molecule has 0 spiro atoms. The molecular weight excluding hydrogens is 190 g/mol. The number of amides is 1. The molecule has 0 fully saturated rings. The summed E-state index contributed by atoms with van der Waals surface area (Å²) in [5, 5.41) is 3.02. The van der Waals surface area contributed by atoms with Crippen LogP contribution in [0.15, 0.2) is 25.0 Å². The number of hydrogen-bond donors (Lipinski definition) is 2. The molecule has 4 heteroatoms. The third kappa shape index (κ3) is 2.89. The van der Waals surface area contributed by atoms with Crippen LogP contribution in [0.4, 0.5) is 0 Å². The lowest BCUT2D eigenvalue weighted by molar-refractivity contribution is 0.0999. The van der Waals surface area contributed by atoms with E-state index in [0.29, 0.717) is 5.56 Å². The summed E-state index contributed by atoms with van der Waals surface area (Å²) in [5.74, 6) is -0.469. The highest BCUT2D eigenvalue weighted by Crippen LogP contribution is 2.18. The van der Waals surface area contributed by atoms with Gasteiger partial charge in [0.25, 0.3) is 5.91 Å². The van der Waals surface area contributed by atoms with Crippen molar-refractivity contribution in [3.8, 4) is 0 Å². The van der Waals surface area contributed by atoms with Gasteiger partial charge in [-0.1, -0.05) is 6.58 Å². The molecule has 0 atom stereocenters. The van der Waals surface area contributed by atoms with Gasteiger partial charge in [-0.05, 0) is 37.2 Å². The third-order valence-electron chi connectivity index (χ3n) is 2.14. The molecule has 1 aromatic heterocycles. The molecule has 1 aromatic rings. The first-order valence-electron chi connectivity index (χ1n) is 4.73. The fraction of sp³-hybridized carbons (Fsp3) is 0.273. The van der Waals surface area contributed by atoms with Crippen LogP contribution in [0.2, 0.25) is 0 Å². The summed E-state index contributed by atoms with van der Waals surface area (Å²) in [6.45, 7) is 4.75. The summed E-state index contributed by atoms with van der Waals surface area (Å²) >= 11 is 0. The quantitative estimate of drug-likeness (QED) is 0.747. The minimum absolute atomic E-state index is 0.429. The summed E-state index contributed by atoms with van der Waals surface area (Å²) in [7, 11) is 1.87. The molecule has 80 valence electrons. The normalized spacial score (nSPS) is 9.93. The zero-order valence-corrected chi connectivity index (χ0v) is 8.79. The Kier molecular flexibility index (Phi) is 4.00. The number of pyridine rings is 1. The molecule has 1 heterocycles. The topological polar surface area (TPSA) is 68.0 Å². The van der Waals surface area contributed by atoms with Crippen LogP contribution in [-0.2, 0) is 0 Å². The van der Waals surface area contributed by atoms with Crippen LogP contribution in [0.25, 0.3) is 5.57 Å². The highest BCUT2D eigenvalue weighted by atomic mass is 16.1. The van der Waals surface area contributed by atoms with E-state index >= 15 is 0 Å². The van der Waals surface area contributed by atoms with Crippen molar-refractivity contribution in [3.05, 3.63) is 36.2 Å². The third-order valence-corrected chi connectivity index (χ3v) is 2.14. The molecule has 1 amide bonds. The fourth-order valence-corrected chi connectivity index (χ4v) is 1.31. The van der Waals surface area contributed by atoms with E-state index in [-0.39, 0.29) is 0 Å². The van der Waals surface area contributed by atoms with Crippen LogP contribution < -0.4 is 11.1 Å². The molecule has 0 aliphatic rings. The van der Waals surface area contributed by atoms with Gasteiger partial charge in [0.2, 0.25) is 0 Å². The van der Waals surface area contributed by atoms with E-state index in [0.717, 1.165) is 24.1 Å². The van der Waals surface area contributed by atoms with Gasteiger partial charge >= 0.3 is 0 Å². The molecule has 0 aromatic carbocycles. The van der Waals surface area contributed by atoms with E-state index in [9.17, 15) is 4.79 Å². The fourth-order valence-electron chi connectivity index (χ4n) is 1.31. The maximum Gasteiger partial charge on any atom is 0.250 e. The summed E-state index contributed by atoms with van der Waals surface area (Å²) in [6, 6.07) is 1.76. The Bertz CT molecular complexity index is 374. The van der Waals surface area contributed by atoms with Crippen molar-refractivity contribution in [2.45, 2.75) is 6.42 Å². The maximum absolute atomic E-state index is 11.1. The Morgan fingerprint density at radius 2 is 2.33 bits per heavy atom. The molecule has 0 bridgehead atoms. The van der Waals surface area contributed by atoms with Gasteiger partial charge in [-0.3, -0.25) is 9.78 Å². The number of carbonyl (C=O) groups is 1. The second kappa shape index (κ2) is 5.26. The summed E-state index contributed by atoms with van der Waals surface area (Å²) in [6.07, 6.45) is 3.88. The van der Waals surface area contributed by atoms with Gasteiger partial charge in [-0.2, -0.15) is 0 Å². The van der Waals surface area contributed by atoms with Gasteiger partial charge in [0.1, 0.15) is 0 Å². The molecule has 1 rings (SSSR count). The Morgan fingerprint density at radius 3 is 2.93 bits per heavy atom. The first-order chi connectivity index (χ1) is 7.16. The summed E-state index contributed by atoms with van der Waals surface area (Å²) < 4.78 is 0. The van der Waals surface area contributed by atoms with Crippen LogP contribution in [0, 0.1) is 0 Å². The number of carbonyl (C=O) groups excluding carboxylic acids is 1. The minimum atomic E-state index is -0.469. The van der Waals surface area contributed by atoms with Crippen molar-refractivity contribution in [2.75, 3.05) is 13.6 Å². The Labute approximate surface area is 89.2 Å². The van der Waals surface area contributed by atoms with Crippen LogP contribution in [0.3, 0.4) is 0 Å². The smallest absolute Gasteiger partial charge is 0.250 e. The van der Waals surface area contributed by atoms with Gasteiger partial charge < -0.3 is 11.1 Å². The molecule has 0 aliphatic heterocycles. The average molecular weight is 205 g/mol. The predicted octanol–water partition coefficient (Wildman–Crippen LogP) is 0.803. The van der Waals surface area contributed by atoms with Crippen molar-refractivity contribution >= 4 is 11.5 Å². The summed E-state index contributed by atoms with van der Waals surface area (Å²) in [4.78, 5) is 15.0. The monoisotopic (exact) mass is 205 g/mol. The van der Waals surface area contributed by atoms with E-state index in [4.69, 9.17) is 5.73 Å². The number of hydrogen-bond acceptors (Lipinski definition) is 3. The minimum Gasteiger partial charge on any atom is -0.366 e. The van der Waals surface area contributed by atoms with Crippen LogP contribution >= 0.6 is 0 Å². The van der Waals surface area contributed by atoms with E-state index in [1.54, 1.807) is 12.3 Å². The van der Waals surface area contributed by atoms with Crippen LogP contribution in [-0.4, -0.2) is 24.5 Å². The molecule has 15 heavy (non-hydrogen) atoms. The Morgan fingerprint density at radius 1 is 1.60 bits per heavy atom. The van der Waals surface area contributed by atoms with Gasteiger partial charge in [0, 0.05) is 12.4 Å². The molecule has 0 radical (unpaired) electrons. The van der Waals surface area contributed by atoms with Crippen molar-refractivity contribution in [2.24, 2.45) is 5.73 Å². The molecule has 0 saturated carbocycles. The second-order valence-corrected chi connectivity index (χ2v) is 3.24. The first-order valence-corrected chi connectivity index (χ1v) is 4.73. The second-order valence-electron chi connectivity index (χ2n) is 3.24. The number of nitrogens with two attached hydrogens (primary N) is 1. The van der Waals surface area contributed by atoms with E-state index in [2.05, 4.69) is 16.9 Å². The van der Waals surface area contributed by atoms with E-state index < -0.39 is 5.91 Å². The van der Waals surface area contributed by atoms with Gasteiger partial charge in [0.15, 0.2) is 0 Å². The average Bonchev–Trinajstić information content (AvgIpc) is 2.25. The molecule has 0 aliphatic carbocycles. The lowest BCUT2D eigenvalue weighted by Crippen LogP contribution is -2.15.